The first-order chi connectivity index (χ1) is 10.2. The minimum atomic E-state index is -0.314. The molecule has 1 radical (unpaired) electrons. The number of rotatable bonds is 4. The molecule has 0 N–H and O–H groups in total. The topological polar surface area (TPSA) is 88.9 Å². The van der Waals surface area contributed by atoms with Crippen LogP contribution in [0.1, 0.15) is 5.56 Å². The Morgan fingerprint density at radius 3 is 2.77 bits per heavy atom. The Morgan fingerprint density at radius 2 is 2.14 bits per heavy atom. The average Bonchev–Trinajstić information content (AvgIpc) is 3.09. The van der Waals surface area contributed by atoms with Gasteiger partial charge in [0.15, 0.2) is 5.88 Å². The SMILES string of the molecule is Cn1nnn(-c2cccc(I)c2COc2cc[n-]n2)c1=O.[Y]. The molecule has 22 heavy (non-hydrogen) atoms. The van der Waals surface area contributed by atoms with Crippen molar-refractivity contribution in [2.45, 2.75) is 6.61 Å². The van der Waals surface area contributed by atoms with Crippen molar-refractivity contribution in [3.05, 3.63) is 50.1 Å². The Bertz CT molecular complexity index is 813. The number of ether oxygens (including phenoxy) is 1. The summed E-state index contributed by atoms with van der Waals surface area (Å²) in [5, 5.41) is 15.1. The summed E-state index contributed by atoms with van der Waals surface area (Å²) in [5.74, 6) is 0.437. The largest absolute Gasteiger partial charge is 0.579 e. The van der Waals surface area contributed by atoms with Crippen molar-refractivity contribution in [2.24, 2.45) is 7.05 Å². The molecule has 0 amide bonds. The van der Waals surface area contributed by atoms with Gasteiger partial charge in [0, 0.05) is 48.9 Å². The summed E-state index contributed by atoms with van der Waals surface area (Å²) in [5.41, 5.74) is 1.16. The quantitative estimate of drug-likeness (QED) is 0.500. The van der Waals surface area contributed by atoms with Gasteiger partial charge in [0.05, 0.1) is 5.69 Å². The number of nitrogens with zero attached hydrogens (tertiary/aromatic N) is 6. The minimum Gasteiger partial charge on any atom is -0.579 e. The van der Waals surface area contributed by atoms with Crippen LogP contribution in [0.15, 0.2) is 35.3 Å². The van der Waals surface area contributed by atoms with Crippen LogP contribution in [0.4, 0.5) is 0 Å². The summed E-state index contributed by atoms with van der Waals surface area (Å²) in [6, 6.07) is 7.25. The first-order valence-corrected chi connectivity index (χ1v) is 7.08. The molecule has 2 aromatic heterocycles. The van der Waals surface area contributed by atoms with Crippen molar-refractivity contribution in [1.82, 2.24) is 30.0 Å². The van der Waals surface area contributed by atoms with Crippen molar-refractivity contribution in [3.63, 3.8) is 0 Å². The van der Waals surface area contributed by atoms with E-state index in [9.17, 15) is 4.79 Å². The van der Waals surface area contributed by atoms with Crippen LogP contribution in [0.3, 0.4) is 0 Å². The number of aryl methyl sites for hydroxylation is 1. The molecule has 0 bridgehead atoms. The molecule has 0 aliphatic heterocycles. The zero-order valence-electron chi connectivity index (χ0n) is 11.5. The van der Waals surface area contributed by atoms with Gasteiger partial charge in [-0.1, -0.05) is 6.07 Å². The Morgan fingerprint density at radius 1 is 1.32 bits per heavy atom. The number of benzene rings is 1. The van der Waals surface area contributed by atoms with Crippen LogP contribution in [-0.2, 0) is 46.4 Å². The normalized spacial score (nSPS) is 10.3. The molecule has 0 aliphatic rings. The molecular weight excluding hydrogens is 476 g/mol. The summed E-state index contributed by atoms with van der Waals surface area (Å²) >= 11 is 2.19. The van der Waals surface area contributed by atoms with Gasteiger partial charge >= 0.3 is 5.69 Å². The fourth-order valence-electron chi connectivity index (χ4n) is 1.80. The van der Waals surface area contributed by atoms with E-state index in [0.717, 1.165) is 9.13 Å². The van der Waals surface area contributed by atoms with Crippen molar-refractivity contribution in [2.75, 3.05) is 0 Å². The van der Waals surface area contributed by atoms with Gasteiger partial charge in [-0.05, 0) is 51.2 Å². The Labute approximate surface area is 164 Å². The van der Waals surface area contributed by atoms with Crippen LogP contribution in [-0.4, -0.2) is 24.9 Å². The molecule has 111 valence electrons. The van der Waals surface area contributed by atoms with Crippen molar-refractivity contribution in [1.29, 1.82) is 0 Å². The second-order valence-electron chi connectivity index (χ2n) is 4.19. The molecule has 3 rings (SSSR count). The van der Waals surface area contributed by atoms with Gasteiger partial charge in [0.1, 0.15) is 6.61 Å². The molecule has 0 saturated carbocycles. The summed E-state index contributed by atoms with van der Waals surface area (Å²) < 4.78 is 8.95. The smallest absolute Gasteiger partial charge is 0.368 e. The number of aromatic nitrogens is 6. The average molecular weight is 486 g/mol. The Hall–Kier alpha value is -1.07. The fraction of sp³-hybridized carbons (Fsp3) is 0.167. The van der Waals surface area contributed by atoms with Crippen LogP contribution in [0.2, 0.25) is 0 Å². The van der Waals surface area contributed by atoms with Crippen LogP contribution < -0.4 is 15.5 Å². The summed E-state index contributed by atoms with van der Waals surface area (Å²) in [7, 11) is 1.55. The molecule has 10 heteroatoms. The zero-order valence-corrected chi connectivity index (χ0v) is 16.5. The monoisotopic (exact) mass is 486 g/mol. The van der Waals surface area contributed by atoms with E-state index < -0.39 is 0 Å². The summed E-state index contributed by atoms with van der Waals surface area (Å²) in [4.78, 5) is 12.0. The van der Waals surface area contributed by atoms with Gasteiger partial charge in [-0.25, -0.2) is 4.79 Å². The maximum Gasteiger partial charge on any atom is 0.368 e. The van der Waals surface area contributed by atoms with Crippen LogP contribution in [0.25, 0.3) is 5.69 Å². The van der Waals surface area contributed by atoms with E-state index in [1.807, 2.05) is 12.1 Å². The van der Waals surface area contributed by atoms with E-state index in [2.05, 4.69) is 43.2 Å². The van der Waals surface area contributed by atoms with Gasteiger partial charge in [-0.3, -0.25) is 0 Å². The summed E-state index contributed by atoms with van der Waals surface area (Å²) in [6.45, 7) is 0.260. The van der Waals surface area contributed by atoms with Crippen LogP contribution in [0.5, 0.6) is 5.88 Å². The Balaban J connectivity index is 0.00000176. The summed E-state index contributed by atoms with van der Waals surface area (Å²) in [6.07, 6.45) is 1.55. The molecule has 0 saturated heterocycles. The third-order valence-electron chi connectivity index (χ3n) is 2.85. The van der Waals surface area contributed by atoms with Crippen LogP contribution >= 0.6 is 22.6 Å². The van der Waals surface area contributed by atoms with Crippen LogP contribution in [0, 0.1) is 3.57 Å². The van der Waals surface area contributed by atoms with E-state index in [4.69, 9.17) is 4.74 Å². The molecule has 0 unspecified atom stereocenters. The number of halogens is 1. The maximum atomic E-state index is 12.0. The number of tetrazole rings is 1. The second kappa shape index (κ2) is 7.47. The molecular formula is C12H10IN6O2Y-. The standard InChI is InChI=1S/C12H10IN6O2.Y/c1-18-12(20)19(17-16-18)10-4-2-3-9(13)8(10)7-21-11-5-6-14-15-11;/h2-6H,7H2,1H3;/q-1;. The molecule has 2 heterocycles. The molecule has 1 aromatic carbocycles. The Kier molecular flexibility index (Phi) is 5.87. The first-order valence-electron chi connectivity index (χ1n) is 6.01. The predicted octanol–water partition coefficient (Wildman–Crippen LogP) is 0.499. The van der Waals surface area contributed by atoms with Crippen molar-refractivity contribution < 1.29 is 37.4 Å². The van der Waals surface area contributed by atoms with Crippen molar-refractivity contribution >= 4 is 22.6 Å². The fourth-order valence-corrected chi connectivity index (χ4v) is 2.44. The molecule has 8 nitrogen and oxygen atoms in total. The third kappa shape index (κ3) is 3.46. The minimum absolute atomic E-state index is 0. The van der Waals surface area contributed by atoms with E-state index in [-0.39, 0.29) is 45.0 Å². The van der Waals surface area contributed by atoms with Gasteiger partial charge in [-0.2, -0.15) is 15.6 Å². The number of hydrogen-bond donors (Lipinski definition) is 0. The van der Waals surface area contributed by atoms with E-state index in [1.165, 1.54) is 9.36 Å². The molecule has 0 spiro atoms. The second-order valence-corrected chi connectivity index (χ2v) is 5.35. The van der Waals surface area contributed by atoms with E-state index in [0.29, 0.717) is 11.6 Å². The third-order valence-corrected chi connectivity index (χ3v) is 3.86. The van der Waals surface area contributed by atoms with E-state index in [1.54, 1.807) is 25.4 Å². The molecule has 0 fully saturated rings. The van der Waals surface area contributed by atoms with Crippen molar-refractivity contribution in [3.8, 4) is 11.6 Å². The van der Waals surface area contributed by atoms with Gasteiger partial charge in [-0.15, -0.1) is 0 Å². The molecule has 0 atom stereocenters. The molecule has 0 aliphatic carbocycles. The number of hydrogen-bond acceptors (Lipinski definition) is 5. The van der Waals surface area contributed by atoms with Gasteiger partial charge < -0.3 is 14.9 Å². The van der Waals surface area contributed by atoms with Gasteiger partial charge in [0.25, 0.3) is 0 Å². The maximum absolute atomic E-state index is 12.0. The zero-order chi connectivity index (χ0) is 14.8. The van der Waals surface area contributed by atoms with Gasteiger partial charge in [0.2, 0.25) is 0 Å². The predicted molar refractivity (Wildman–Crippen MR) is 81.2 cm³/mol. The first kappa shape index (κ1) is 17.3. The molecule has 3 aromatic rings. The van der Waals surface area contributed by atoms with E-state index >= 15 is 0 Å².